The second-order valence-electron chi connectivity index (χ2n) is 15.5. The third-order valence-corrected chi connectivity index (χ3v) is 11.3. The molecule has 1 aromatic rings. The molecule has 3 saturated carbocycles. The fourth-order valence-corrected chi connectivity index (χ4v) is 9.04. The van der Waals surface area contributed by atoms with Gasteiger partial charge in [0.15, 0.2) is 22.8 Å². The van der Waals surface area contributed by atoms with Crippen molar-refractivity contribution in [3.8, 4) is 17.2 Å². The first-order valence-electron chi connectivity index (χ1n) is 16.9. The zero-order valence-corrected chi connectivity index (χ0v) is 29.5. The molecule has 48 heavy (non-hydrogen) atoms. The first kappa shape index (κ1) is 34.2. The van der Waals surface area contributed by atoms with Crippen LogP contribution in [-0.2, 0) is 25.5 Å². The molecule has 258 valence electrons. The third-order valence-electron chi connectivity index (χ3n) is 11.3. The van der Waals surface area contributed by atoms with E-state index in [0.717, 1.165) is 12.0 Å². The number of phenolic OH excluding ortho intramolecular Hbond substituents is 1. The van der Waals surface area contributed by atoms with E-state index in [4.69, 9.17) is 18.9 Å². The minimum atomic E-state index is -1.66. The van der Waals surface area contributed by atoms with E-state index < -0.39 is 52.2 Å². The number of carbonyl (C=O) groups excluding carboxylic acids is 2. The molecule has 6 aliphatic rings. The lowest BCUT2D eigenvalue weighted by Gasteiger charge is -2.62. The average molecular weight is 661 g/mol. The van der Waals surface area contributed by atoms with Crippen LogP contribution in [0.2, 0.25) is 0 Å². The van der Waals surface area contributed by atoms with Crippen molar-refractivity contribution in [3.05, 3.63) is 57.7 Å². The van der Waals surface area contributed by atoms with Gasteiger partial charge in [-0.15, -0.1) is 0 Å². The summed E-state index contributed by atoms with van der Waals surface area (Å²) in [7, 11) is 1.49. The highest BCUT2D eigenvalue weighted by molar-refractivity contribution is 6.10. The van der Waals surface area contributed by atoms with Crippen molar-refractivity contribution in [3.63, 3.8) is 0 Å². The van der Waals surface area contributed by atoms with Crippen LogP contribution in [0.3, 0.4) is 0 Å². The number of rotatable bonds is 9. The van der Waals surface area contributed by atoms with Gasteiger partial charge in [0.2, 0.25) is 0 Å². The van der Waals surface area contributed by atoms with Crippen LogP contribution in [0.15, 0.2) is 41.0 Å². The minimum Gasteiger partial charge on any atom is -0.506 e. The van der Waals surface area contributed by atoms with Crippen LogP contribution < -0.4 is 9.47 Å². The first-order valence-corrected chi connectivity index (χ1v) is 16.9. The molecule has 7 rings (SSSR count). The Bertz CT molecular complexity index is 1720. The Labute approximate surface area is 282 Å². The van der Waals surface area contributed by atoms with Gasteiger partial charge in [0, 0.05) is 36.5 Å². The molecule has 7 atom stereocenters. The predicted molar refractivity (Wildman–Crippen MR) is 180 cm³/mol. The van der Waals surface area contributed by atoms with E-state index in [1.807, 2.05) is 52.8 Å². The van der Waals surface area contributed by atoms with Gasteiger partial charge in [0.25, 0.3) is 0 Å². The largest absolute Gasteiger partial charge is 0.506 e. The van der Waals surface area contributed by atoms with Crippen LogP contribution in [-0.4, -0.2) is 63.4 Å². The molecule has 3 aliphatic carbocycles. The Morgan fingerprint density at radius 2 is 1.71 bits per heavy atom. The number of fused-ring (bicyclic) bond motifs is 2. The van der Waals surface area contributed by atoms with Crippen LogP contribution in [0.25, 0.3) is 6.08 Å². The van der Waals surface area contributed by atoms with Crippen LogP contribution in [0.1, 0.15) is 103 Å². The summed E-state index contributed by atoms with van der Waals surface area (Å²) in [5.41, 5.74) is -1.39. The molecule has 2 N–H and O–H groups in total. The normalized spacial score (nSPS) is 33.6. The summed E-state index contributed by atoms with van der Waals surface area (Å²) in [4.78, 5) is 41.6. The maximum Gasteiger partial charge on any atom is 0.330 e. The number of aromatic hydroxyl groups is 1. The van der Waals surface area contributed by atoms with Gasteiger partial charge in [-0.25, -0.2) is 4.79 Å². The van der Waals surface area contributed by atoms with Gasteiger partial charge in [-0.2, -0.15) is 0 Å². The molecular formula is C39H48O9. The quantitative estimate of drug-likeness (QED) is 0.214. The van der Waals surface area contributed by atoms with Gasteiger partial charge in [-0.1, -0.05) is 29.4 Å². The number of phenols is 1. The molecule has 4 bridgehead atoms. The predicted octanol–water partition coefficient (Wildman–Crippen LogP) is 6.94. The number of Topliss-reactive ketones (excluding diaryl/α,β-unsaturated/α-hetero) is 2. The maximum absolute atomic E-state index is 15.1. The van der Waals surface area contributed by atoms with E-state index in [0.29, 0.717) is 36.1 Å². The van der Waals surface area contributed by atoms with E-state index >= 15 is 4.79 Å². The number of ketones is 2. The molecule has 1 saturated heterocycles. The monoisotopic (exact) mass is 660 g/mol. The van der Waals surface area contributed by atoms with Crippen LogP contribution in [0.4, 0.5) is 0 Å². The smallest absolute Gasteiger partial charge is 0.330 e. The Morgan fingerprint density at radius 1 is 1.02 bits per heavy atom. The summed E-state index contributed by atoms with van der Waals surface area (Å²) in [6.45, 7) is 15.4. The van der Waals surface area contributed by atoms with E-state index in [-0.39, 0.29) is 40.6 Å². The Hall–Kier alpha value is -3.69. The molecule has 3 unspecified atom stereocenters. The summed E-state index contributed by atoms with van der Waals surface area (Å²) >= 11 is 0. The fraction of sp³-hybridized carbons (Fsp3) is 0.564. The summed E-state index contributed by atoms with van der Waals surface area (Å²) in [6.07, 6.45) is 10.8. The molecule has 9 heteroatoms. The second-order valence-corrected chi connectivity index (χ2v) is 15.5. The van der Waals surface area contributed by atoms with Crippen LogP contribution >= 0.6 is 0 Å². The molecule has 0 aromatic heterocycles. The highest BCUT2D eigenvalue weighted by Crippen LogP contribution is 2.70. The number of carboxylic acids is 1. The molecule has 4 fully saturated rings. The van der Waals surface area contributed by atoms with Gasteiger partial charge >= 0.3 is 5.97 Å². The summed E-state index contributed by atoms with van der Waals surface area (Å²) in [5.74, 6) is -3.41. The van der Waals surface area contributed by atoms with Gasteiger partial charge in [0.1, 0.15) is 28.4 Å². The van der Waals surface area contributed by atoms with Gasteiger partial charge in [-0.3, -0.25) is 9.59 Å². The average Bonchev–Trinajstić information content (AvgIpc) is 3.14. The molecule has 0 amide bonds. The number of benzene rings is 1. The fourth-order valence-electron chi connectivity index (χ4n) is 9.04. The molecule has 9 nitrogen and oxygen atoms in total. The third kappa shape index (κ3) is 4.75. The number of allylic oxidation sites excluding steroid dienone is 4. The van der Waals surface area contributed by atoms with Gasteiger partial charge in [-0.05, 0) is 93.2 Å². The highest BCUT2D eigenvalue weighted by atomic mass is 16.6. The van der Waals surface area contributed by atoms with E-state index in [1.165, 1.54) is 25.7 Å². The number of aliphatic carboxylic acids is 1. The number of methoxy groups -OCH3 is 1. The number of carbonyl (C=O) groups is 3. The lowest BCUT2D eigenvalue weighted by molar-refractivity contribution is -0.224. The summed E-state index contributed by atoms with van der Waals surface area (Å²) in [6, 6.07) is 0. The second kappa shape index (κ2) is 11.4. The molecule has 1 aromatic carbocycles. The summed E-state index contributed by atoms with van der Waals surface area (Å²) < 4.78 is 26.8. The molecule has 0 radical (unpaired) electrons. The molecule has 1 spiro atoms. The van der Waals surface area contributed by atoms with E-state index in [2.05, 4.69) is 19.9 Å². The highest BCUT2D eigenvalue weighted by Gasteiger charge is 2.85. The van der Waals surface area contributed by atoms with E-state index in [1.54, 1.807) is 0 Å². The van der Waals surface area contributed by atoms with Crippen molar-refractivity contribution in [2.24, 2.45) is 17.8 Å². The van der Waals surface area contributed by atoms with E-state index in [9.17, 15) is 19.8 Å². The van der Waals surface area contributed by atoms with Gasteiger partial charge in [0.05, 0.1) is 23.2 Å². The molecule has 3 heterocycles. The Morgan fingerprint density at radius 3 is 2.33 bits per heavy atom. The minimum absolute atomic E-state index is 0.0505. The molecular weight excluding hydrogens is 612 g/mol. The van der Waals surface area contributed by atoms with Crippen molar-refractivity contribution < 1.29 is 43.5 Å². The summed E-state index contributed by atoms with van der Waals surface area (Å²) in [5, 5.41) is 21.6. The lowest BCUT2D eigenvalue weighted by Crippen LogP contribution is -2.80. The zero-order valence-electron chi connectivity index (χ0n) is 29.5. The van der Waals surface area contributed by atoms with Crippen LogP contribution in [0, 0.1) is 17.8 Å². The maximum atomic E-state index is 15.1. The standard InChI is InChI=1S/C39H48O9/c1-20(2)11-10-16-37(8)17-15-23-29(40)27-30(41)28-33(45-9)25-19-26-36(6,7)48-38(34(25)42,18-14-22(5)35(43)44)39(26,28)47-32(27)24(31(23)46-37)13-12-21(3)4/h11-12,14-15,17,25-26,28,33,40H,10,13,16,18-19H2,1-9H3,(H,43,44)/b22-14-/t25-,26?,28?,33+,37?,38+,39-/m1/s1. The van der Waals surface area contributed by atoms with Crippen LogP contribution in [0.5, 0.6) is 17.2 Å². The number of carboxylic acid groups (broad SMARTS) is 1. The van der Waals surface area contributed by atoms with Crippen molar-refractivity contribution >= 4 is 23.6 Å². The van der Waals surface area contributed by atoms with Crippen molar-refractivity contribution in [1.82, 2.24) is 0 Å². The number of ether oxygens (including phenoxy) is 4. The van der Waals surface area contributed by atoms with Gasteiger partial charge < -0.3 is 29.2 Å². The SMILES string of the molecule is CO[C@@H]1C2C(=O)c3c(O)c4c(c(CC=C(C)C)c3O[C@]23C2C[C@H]1C(=O)[C@]3(C/C=C(/C)C(=O)O)OC2(C)C)OC(C)(CCC=C(C)C)C=C4. The number of hydrogen-bond donors (Lipinski definition) is 2. The van der Waals surface area contributed by atoms with Crippen molar-refractivity contribution in [2.45, 2.75) is 116 Å². The van der Waals surface area contributed by atoms with Crippen molar-refractivity contribution in [2.75, 3.05) is 7.11 Å². The first-order chi connectivity index (χ1) is 22.4. The number of hydrogen-bond acceptors (Lipinski definition) is 8. The lowest BCUT2D eigenvalue weighted by atomic mass is 9.45. The topological polar surface area (TPSA) is 129 Å². The Kier molecular flexibility index (Phi) is 8.15. The Balaban J connectivity index is 1.61. The molecule has 3 aliphatic heterocycles. The zero-order chi connectivity index (χ0) is 35.1. The van der Waals surface area contributed by atoms with Crippen molar-refractivity contribution in [1.29, 1.82) is 0 Å².